The van der Waals surface area contributed by atoms with E-state index in [1.54, 1.807) is 17.6 Å². The Morgan fingerprint density at radius 1 is 1.04 bits per heavy atom. The number of nitrogens with one attached hydrogen (secondary N) is 1. The zero-order valence-electron chi connectivity index (χ0n) is 26.4. The van der Waals surface area contributed by atoms with Gasteiger partial charge in [0.25, 0.3) is 0 Å². The minimum Gasteiger partial charge on any atom is -0.471 e. The average molecular weight is 687 g/mol. The van der Waals surface area contributed by atoms with Crippen molar-refractivity contribution in [2.45, 2.75) is 19.6 Å². The Bertz CT molecular complexity index is 2240. The lowest BCUT2D eigenvalue weighted by molar-refractivity contribution is 0.148. The van der Waals surface area contributed by atoms with Gasteiger partial charge in [-0.05, 0) is 52.9 Å². The molecule has 13 heteroatoms. The third kappa shape index (κ3) is 7.35. The number of aromatic nitrogens is 3. The molecule has 6 aromatic rings. The van der Waals surface area contributed by atoms with Gasteiger partial charge in [0.2, 0.25) is 17.5 Å². The molecular weight excluding hydrogens is 657 g/mol. The number of carbonyl (C=O) groups excluding carboxylic acids is 1. The highest BCUT2D eigenvalue weighted by atomic mass is 32.1. The number of fused-ring (bicyclic) bond motifs is 3. The van der Waals surface area contributed by atoms with Gasteiger partial charge in [-0.25, -0.2) is 19.6 Å². The molecule has 0 fully saturated rings. The Balaban J connectivity index is 0.877. The topological polar surface area (TPSA) is 132 Å². The van der Waals surface area contributed by atoms with Crippen LogP contribution in [0.5, 0.6) is 5.88 Å². The van der Waals surface area contributed by atoms with Gasteiger partial charge < -0.3 is 25.4 Å². The first-order chi connectivity index (χ1) is 23.9. The molecule has 1 amide bonds. The second-order valence-electron chi connectivity index (χ2n) is 11.2. The molecule has 0 saturated heterocycles. The maximum atomic E-state index is 12.4. The molecule has 0 saturated carbocycles. The van der Waals surface area contributed by atoms with Gasteiger partial charge in [-0.2, -0.15) is 4.98 Å². The molecule has 0 radical (unpaired) electrons. The molecular formula is C36H30N8O3S2. The van der Waals surface area contributed by atoms with Gasteiger partial charge in [0.05, 0.1) is 29.0 Å². The first kappa shape index (κ1) is 31.7. The molecule has 0 atom stereocenters. The first-order valence-electron chi connectivity index (χ1n) is 15.4. The molecule has 11 nitrogen and oxygen atoms in total. The predicted octanol–water partition coefficient (Wildman–Crippen LogP) is 7.50. The van der Waals surface area contributed by atoms with Crippen molar-refractivity contribution in [2.24, 2.45) is 4.99 Å². The zero-order valence-corrected chi connectivity index (χ0v) is 28.1. The Morgan fingerprint density at radius 3 is 2.71 bits per heavy atom. The van der Waals surface area contributed by atoms with Crippen molar-refractivity contribution in [3.05, 3.63) is 111 Å². The molecule has 49 heavy (non-hydrogen) atoms. The van der Waals surface area contributed by atoms with E-state index >= 15 is 0 Å². The number of rotatable bonds is 11. The fourth-order valence-electron chi connectivity index (χ4n) is 5.23. The van der Waals surface area contributed by atoms with Crippen molar-refractivity contribution < 1.29 is 14.3 Å². The lowest BCUT2D eigenvalue weighted by Crippen LogP contribution is -2.28. The maximum absolute atomic E-state index is 12.4. The summed E-state index contributed by atoms with van der Waals surface area (Å²) in [5.41, 5.74) is 11.5. The van der Waals surface area contributed by atoms with Gasteiger partial charge in [0.15, 0.2) is 0 Å². The van der Waals surface area contributed by atoms with Gasteiger partial charge in [-0.1, -0.05) is 42.5 Å². The van der Waals surface area contributed by atoms with Crippen LogP contribution in [0.15, 0.2) is 77.8 Å². The molecule has 4 heterocycles. The van der Waals surface area contributed by atoms with Crippen LogP contribution >= 0.6 is 22.7 Å². The fourth-order valence-corrected chi connectivity index (χ4v) is 7.20. The van der Waals surface area contributed by atoms with Gasteiger partial charge in [-0.15, -0.1) is 22.7 Å². The number of likely N-dealkylation sites (N-methyl/N-ethyl adjacent to an activating group) is 1. The molecule has 0 spiro atoms. The van der Waals surface area contributed by atoms with Gasteiger partial charge >= 0.3 is 6.09 Å². The number of para-hydroxylation sites is 1. The Kier molecular flexibility index (Phi) is 9.14. The quantitative estimate of drug-likeness (QED) is 0.134. The van der Waals surface area contributed by atoms with Crippen molar-refractivity contribution in [1.29, 1.82) is 0 Å². The molecule has 0 aliphatic carbocycles. The molecule has 1 aliphatic rings. The van der Waals surface area contributed by atoms with Gasteiger partial charge in [0.1, 0.15) is 23.9 Å². The third-order valence-electron chi connectivity index (χ3n) is 7.82. The van der Waals surface area contributed by atoms with E-state index in [2.05, 4.69) is 48.3 Å². The van der Waals surface area contributed by atoms with Crippen LogP contribution in [0.4, 0.5) is 22.1 Å². The third-order valence-corrected chi connectivity index (χ3v) is 9.92. The highest BCUT2D eigenvalue weighted by Gasteiger charge is 2.17. The molecule has 3 aromatic carbocycles. The van der Waals surface area contributed by atoms with Crippen molar-refractivity contribution in [3.63, 3.8) is 0 Å². The number of carbonyl (C=O) groups is 1. The van der Waals surface area contributed by atoms with Gasteiger partial charge in [0, 0.05) is 41.5 Å². The Hall–Kier alpha value is -5.84. The molecule has 3 N–H and O–H groups in total. The number of thiophene rings is 1. The summed E-state index contributed by atoms with van der Waals surface area (Å²) in [6, 6.07) is 24.0. The number of anilines is 2. The molecule has 0 bridgehead atoms. The summed E-state index contributed by atoms with van der Waals surface area (Å²) in [5, 5.41) is 4.63. The summed E-state index contributed by atoms with van der Waals surface area (Å²) in [6.07, 6.45) is 3.81. The van der Waals surface area contributed by atoms with E-state index < -0.39 is 6.09 Å². The Labute approximate surface area is 290 Å². The van der Waals surface area contributed by atoms with Crippen LogP contribution in [0.3, 0.4) is 0 Å². The van der Waals surface area contributed by atoms with E-state index in [-0.39, 0.29) is 12.6 Å². The maximum Gasteiger partial charge on any atom is 0.407 e. The van der Waals surface area contributed by atoms with E-state index in [0.717, 1.165) is 52.7 Å². The van der Waals surface area contributed by atoms with Crippen molar-refractivity contribution in [2.75, 3.05) is 30.8 Å². The summed E-state index contributed by atoms with van der Waals surface area (Å²) in [5.74, 6) is 0.536. The number of ether oxygens (including phenoxy) is 2. The molecule has 0 unspecified atom stereocenters. The average Bonchev–Trinajstić information content (AvgIpc) is 3.86. The van der Waals surface area contributed by atoms with Crippen LogP contribution in [-0.4, -0.2) is 47.5 Å². The second kappa shape index (κ2) is 14.1. The fraction of sp³-hybridized carbons (Fsp3) is 0.167. The minimum atomic E-state index is -0.481. The van der Waals surface area contributed by atoms with E-state index in [1.165, 1.54) is 11.3 Å². The molecule has 1 aliphatic heterocycles. The number of benzene rings is 3. The summed E-state index contributed by atoms with van der Waals surface area (Å²) in [7, 11) is 1.96. The minimum absolute atomic E-state index is 0.163. The SMILES string of the molecule is [C-]#[N+]/C(=C\c1cc2ccc(N(C)CCOC(=O)NCc3ccc(COc4nc(N)nc5c4N=CC5)cc3)cc2s1)c1nc2ccccc2s1. The van der Waals surface area contributed by atoms with Crippen LogP contribution in [0.25, 0.3) is 36.9 Å². The first-order valence-corrected chi connectivity index (χ1v) is 17.0. The zero-order chi connectivity index (χ0) is 33.7. The van der Waals surface area contributed by atoms with Crippen molar-refractivity contribution >= 4 is 84.4 Å². The monoisotopic (exact) mass is 686 g/mol. The summed E-state index contributed by atoms with van der Waals surface area (Å²) < 4.78 is 13.5. The van der Waals surface area contributed by atoms with E-state index in [9.17, 15) is 4.79 Å². The smallest absolute Gasteiger partial charge is 0.407 e. The number of nitrogens with zero attached hydrogens (tertiary/aromatic N) is 6. The lowest BCUT2D eigenvalue weighted by atomic mass is 10.1. The highest BCUT2D eigenvalue weighted by molar-refractivity contribution is 7.20. The second-order valence-corrected chi connectivity index (χ2v) is 13.4. The predicted molar refractivity (Wildman–Crippen MR) is 196 cm³/mol. The number of nitrogen functional groups attached to an aromatic ring is 1. The van der Waals surface area contributed by atoms with Crippen LogP contribution in [0.2, 0.25) is 0 Å². The molecule has 3 aromatic heterocycles. The summed E-state index contributed by atoms with van der Waals surface area (Å²) >= 11 is 3.16. The molecule has 244 valence electrons. The van der Waals surface area contributed by atoms with Crippen molar-refractivity contribution in [3.8, 4) is 5.88 Å². The van der Waals surface area contributed by atoms with Crippen molar-refractivity contribution in [1.82, 2.24) is 20.3 Å². The lowest BCUT2D eigenvalue weighted by Gasteiger charge is -2.19. The number of alkyl carbamates (subject to hydrolysis) is 1. The number of thiazole rings is 1. The molecule has 7 rings (SSSR count). The van der Waals surface area contributed by atoms with E-state index in [0.29, 0.717) is 43.4 Å². The number of hydrogen-bond donors (Lipinski definition) is 2. The van der Waals surface area contributed by atoms with Crippen LogP contribution in [0.1, 0.15) is 26.7 Å². The van der Waals surface area contributed by atoms with Crippen LogP contribution < -0.4 is 20.7 Å². The number of hydrogen-bond acceptors (Lipinski definition) is 11. The van der Waals surface area contributed by atoms with Crippen LogP contribution in [-0.2, 0) is 24.3 Å². The number of nitrogens with two attached hydrogens (primary N) is 1. The normalized spacial score (nSPS) is 12.2. The highest BCUT2D eigenvalue weighted by Crippen LogP contribution is 2.35. The number of amides is 1. The summed E-state index contributed by atoms with van der Waals surface area (Å²) in [6.45, 7) is 9.13. The Morgan fingerprint density at radius 2 is 1.88 bits per heavy atom. The van der Waals surface area contributed by atoms with E-state index in [1.807, 2.05) is 72.6 Å². The van der Waals surface area contributed by atoms with E-state index in [4.69, 9.17) is 21.8 Å². The standard InChI is InChI=1S/C36H30N8O3S2/c1-38-29(34-41-27-5-3-4-6-30(27)49-34)19-26-17-24-11-12-25(18-31(24)48-26)44(2)15-16-46-36(45)40-20-22-7-9-23(10-8-22)21-47-33-32-28(13-14-39-32)42-35(37)43-33/h3-12,14,17-19H,13,15-16,20-21H2,2H3,(H,40,45)(H2,37,42,43)/b29-19-. The largest absolute Gasteiger partial charge is 0.471 e. The van der Waals surface area contributed by atoms with Crippen LogP contribution in [0, 0.1) is 6.57 Å². The summed E-state index contributed by atoms with van der Waals surface area (Å²) in [4.78, 5) is 36.5. The number of aliphatic imine (C=N–C) groups is 1. The van der Waals surface area contributed by atoms with Gasteiger partial charge in [-0.3, -0.25) is 4.99 Å².